The van der Waals surface area contributed by atoms with Crippen LogP contribution < -0.4 is 0 Å². The lowest BCUT2D eigenvalue weighted by atomic mass is 9.43. The predicted octanol–water partition coefficient (Wildman–Crippen LogP) is 4.56. The maximum absolute atomic E-state index is 10.7. The highest BCUT2D eigenvalue weighted by Gasteiger charge is 2.57. The second-order valence-corrected chi connectivity index (χ2v) is 7.59. The summed E-state index contributed by atoms with van der Waals surface area (Å²) in [5, 5.41) is 10.7. The second kappa shape index (κ2) is 5.22. The van der Waals surface area contributed by atoms with Gasteiger partial charge in [-0.15, -0.1) is 0 Å². The fraction of sp³-hybridized carbons (Fsp3) is 0.579. The van der Waals surface area contributed by atoms with Crippen molar-refractivity contribution in [1.82, 2.24) is 0 Å². The lowest BCUT2D eigenvalue weighted by molar-refractivity contribution is -0.402. The van der Waals surface area contributed by atoms with Gasteiger partial charge in [-0.25, -0.2) is 0 Å². The minimum absolute atomic E-state index is 0.140. The highest BCUT2D eigenvalue weighted by atomic mass is 16.6. The van der Waals surface area contributed by atoms with Crippen molar-refractivity contribution in [2.75, 3.05) is 0 Å². The third-order valence-electron chi connectivity index (χ3n) is 6.59. The van der Waals surface area contributed by atoms with Crippen LogP contribution in [-0.2, 0) is 5.41 Å². The Kier molecular flexibility index (Phi) is 3.32. The molecule has 4 fully saturated rings. The van der Waals surface area contributed by atoms with Crippen LogP contribution in [0.1, 0.15) is 44.1 Å². The van der Waals surface area contributed by atoms with Crippen molar-refractivity contribution in [1.29, 1.82) is 0 Å². The molecule has 0 radical (unpaired) electrons. The number of nitrogens with zero attached hydrogens (tertiary/aromatic N) is 1. The van der Waals surface area contributed by atoms with Gasteiger partial charge in [-0.05, 0) is 73.8 Å². The van der Waals surface area contributed by atoms with E-state index in [1.807, 2.05) is 6.08 Å². The first kappa shape index (κ1) is 14.0. The van der Waals surface area contributed by atoms with E-state index in [4.69, 9.17) is 0 Å². The number of allylic oxidation sites excluding steroid dienone is 1. The maximum atomic E-state index is 10.7. The van der Waals surface area contributed by atoms with Gasteiger partial charge in [-0.1, -0.05) is 30.3 Å². The molecule has 1 aromatic rings. The molecule has 3 nitrogen and oxygen atoms in total. The molecule has 0 aromatic heterocycles. The largest absolute Gasteiger partial charge is 0.259 e. The summed E-state index contributed by atoms with van der Waals surface area (Å²) in [7, 11) is 0. The summed E-state index contributed by atoms with van der Waals surface area (Å²) in [5.41, 5.74) is 1.55. The fourth-order valence-corrected chi connectivity index (χ4v) is 6.03. The van der Waals surface area contributed by atoms with E-state index in [2.05, 4.69) is 30.3 Å². The van der Waals surface area contributed by atoms with E-state index < -0.39 is 0 Å². The van der Waals surface area contributed by atoms with Crippen molar-refractivity contribution in [2.45, 2.75) is 43.9 Å². The summed E-state index contributed by atoms with van der Waals surface area (Å²) in [5.74, 6) is 3.25. The minimum Gasteiger partial charge on any atom is -0.259 e. The highest BCUT2D eigenvalue weighted by Crippen LogP contribution is 2.64. The van der Waals surface area contributed by atoms with Gasteiger partial charge in [0, 0.05) is 5.41 Å². The van der Waals surface area contributed by atoms with Crippen LogP contribution in [0.15, 0.2) is 42.6 Å². The Balaban J connectivity index is 1.74. The third kappa shape index (κ3) is 2.10. The molecule has 0 unspecified atom stereocenters. The molecule has 3 heteroatoms. The lowest BCUT2D eigenvalue weighted by Crippen LogP contribution is -2.55. The predicted molar refractivity (Wildman–Crippen MR) is 85.9 cm³/mol. The summed E-state index contributed by atoms with van der Waals surface area (Å²) in [4.78, 5) is 10.4. The van der Waals surface area contributed by atoms with Gasteiger partial charge in [0.2, 0.25) is 6.20 Å². The summed E-state index contributed by atoms with van der Waals surface area (Å²) >= 11 is 0. The molecule has 0 spiro atoms. The summed E-state index contributed by atoms with van der Waals surface area (Å²) in [6.45, 7) is 0. The maximum Gasteiger partial charge on any atom is 0.230 e. The first-order valence-electron chi connectivity index (χ1n) is 8.54. The van der Waals surface area contributed by atoms with E-state index in [-0.39, 0.29) is 10.3 Å². The topological polar surface area (TPSA) is 43.1 Å². The van der Waals surface area contributed by atoms with Gasteiger partial charge in [0.1, 0.15) is 0 Å². The molecule has 4 bridgehead atoms. The number of nitro groups is 1. The molecule has 116 valence electrons. The number of hydrogen-bond donors (Lipinski definition) is 0. The van der Waals surface area contributed by atoms with Crippen molar-refractivity contribution in [3.63, 3.8) is 0 Å². The molecule has 1 aromatic carbocycles. The monoisotopic (exact) mass is 297 g/mol. The molecule has 0 heterocycles. The Hall–Kier alpha value is -1.64. The van der Waals surface area contributed by atoms with Crippen molar-refractivity contribution in [3.05, 3.63) is 58.3 Å². The van der Waals surface area contributed by atoms with Gasteiger partial charge in [-0.2, -0.15) is 0 Å². The molecule has 0 atom stereocenters. The van der Waals surface area contributed by atoms with E-state index in [9.17, 15) is 10.1 Å². The zero-order valence-corrected chi connectivity index (χ0v) is 12.9. The van der Waals surface area contributed by atoms with Gasteiger partial charge in [-0.3, -0.25) is 10.1 Å². The Morgan fingerprint density at radius 1 is 1.05 bits per heavy atom. The van der Waals surface area contributed by atoms with Crippen LogP contribution in [0, 0.1) is 33.8 Å². The van der Waals surface area contributed by atoms with Crippen LogP contribution in [0.25, 0.3) is 0 Å². The molecule has 0 N–H and O–H groups in total. The van der Waals surface area contributed by atoms with Crippen LogP contribution in [0.5, 0.6) is 0 Å². The molecule has 4 aliphatic rings. The third-order valence-corrected chi connectivity index (χ3v) is 6.59. The quantitative estimate of drug-likeness (QED) is 0.604. The van der Waals surface area contributed by atoms with Crippen molar-refractivity contribution < 1.29 is 4.92 Å². The SMILES string of the molecule is O=[N+]([O-])/C=C/CC1(c2ccccc2)C2CC3CC(C2)CC1C3. The summed E-state index contributed by atoms with van der Waals surface area (Å²) < 4.78 is 0. The molecule has 0 saturated heterocycles. The first-order valence-corrected chi connectivity index (χ1v) is 8.54. The molecule has 0 amide bonds. The summed E-state index contributed by atoms with van der Waals surface area (Å²) in [6.07, 6.45) is 10.5. The van der Waals surface area contributed by atoms with Crippen LogP contribution in [0.4, 0.5) is 0 Å². The Morgan fingerprint density at radius 2 is 1.64 bits per heavy atom. The summed E-state index contributed by atoms with van der Waals surface area (Å²) in [6, 6.07) is 10.8. The normalized spacial score (nSPS) is 39.5. The second-order valence-electron chi connectivity index (χ2n) is 7.59. The molecule has 4 saturated carbocycles. The van der Waals surface area contributed by atoms with Crippen LogP contribution in [0.2, 0.25) is 0 Å². The van der Waals surface area contributed by atoms with Gasteiger partial charge < -0.3 is 0 Å². The molecule has 4 aliphatic carbocycles. The number of hydrogen-bond acceptors (Lipinski definition) is 2. The van der Waals surface area contributed by atoms with Crippen molar-refractivity contribution in [3.8, 4) is 0 Å². The van der Waals surface area contributed by atoms with E-state index in [1.165, 1.54) is 37.7 Å². The van der Waals surface area contributed by atoms with E-state index in [1.54, 1.807) is 0 Å². The van der Waals surface area contributed by atoms with Gasteiger partial charge in [0.25, 0.3) is 0 Å². The van der Waals surface area contributed by atoms with E-state index in [0.717, 1.165) is 24.5 Å². The van der Waals surface area contributed by atoms with E-state index >= 15 is 0 Å². The van der Waals surface area contributed by atoms with Gasteiger partial charge in [0.05, 0.1) is 4.92 Å². The number of rotatable bonds is 4. The van der Waals surface area contributed by atoms with Gasteiger partial charge in [0.15, 0.2) is 0 Å². The lowest BCUT2D eigenvalue weighted by Gasteiger charge is -2.61. The zero-order valence-electron chi connectivity index (χ0n) is 12.9. The Morgan fingerprint density at radius 3 is 2.18 bits per heavy atom. The molecular weight excluding hydrogens is 274 g/mol. The van der Waals surface area contributed by atoms with Crippen LogP contribution in [-0.4, -0.2) is 4.92 Å². The van der Waals surface area contributed by atoms with E-state index in [0.29, 0.717) is 11.8 Å². The van der Waals surface area contributed by atoms with Crippen molar-refractivity contribution in [2.24, 2.45) is 23.7 Å². The zero-order chi connectivity index (χ0) is 15.2. The molecular formula is C19H23NO2. The minimum atomic E-state index is -0.325. The van der Waals surface area contributed by atoms with Gasteiger partial charge >= 0.3 is 0 Å². The molecule has 22 heavy (non-hydrogen) atoms. The average Bonchev–Trinajstić information content (AvgIpc) is 2.50. The Labute approximate surface area is 131 Å². The first-order chi connectivity index (χ1) is 10.7. The smallest absolute Gasteiger partial charge is 0.230 e. The Bertz CT molecular complexity index is 565. The van der Waals surface area contributed by atoms with Crippen molar-refractivity contribution >= 4 is 0 Å². The van der Waals surface area contributed by atoms with Crippen LogP contribution >= 0.6 is 0 Å². The average molecular weight is 297 g/mol. The number of benzene rings is 1. The fourth-order valence-electron chi connectivity index (χ4n) is 6.03. The molecule has 0 aliphatic heterocycles. The van der Waals surface area contributed by atoms with Crippen LogP contribution in [0.3, 0.4) is 0 Å². The highest BCUT2D eigenvalue weighted by molar-refractivity contribution is 5.32. The standard InChI is InChI=1S/C19H23NO2/c21-20(22)8-4-7-19(16-5-2-1-3-6-16)17-10-14-9-15(12-17)13-18(19)11-14/h1-6,8,14-15,17-18H,7,9-13H2/b8-4+. The molecule has 5 rings (SSSR count).